The van der Waals surface area contributed by atoms with Gasteiger partial charge in [0, 0.05) is 12.6 Å². The first kappa shape index (κ1) is 14.3. The van der Waals surface area contributed by atoms with Crippen LogP contribution in [0.25, 0.3) is 0 Å². The second-order valence-electron chi connectivity index (χ2n) is 5.26. The number of amides is 1. The molecule has 22 heavy (non-hydrogen) atoms. The van der Waals surface area contributed by atoms with Crippen LogP contribution in [0.5, 0.6) is 0 Å². The smallest absolute Gasteiger partial charge is 0.371 e. The van der Waals surface area contributed by atoms with E-state index in [-0.39, 0.29) is 35.8 Å². The molecule has 1 N–H and O–H groups in total. The summed E-state index contributed by atoms with van der Waals surface area (Å²) >= 11 is 0. The quantitative estimate of drug-likeness (QED) is 0.922. The summed E-state index contributed by atoms with van der Waals surface area (Å²) in [6, 6.07) is 8.77. The minimum Gasteiger partial charge on any atom is -0.475 e. The van der Waals surface area contributed by atoms with Crippen LogP contribution < -0.4 is 0 Å². The number of aromatic carboxylic acids is 1. The zero-order chi connectivity index (χ0) is 15.7. The summed E-state index contributed by atoms with van der Waals surface area (Å²) in [5, 5.41) is 8.85. The van der Waals surface area contributed by atoms with Crippen molar-refractivity contribution in [2.24, 2.45) is 0 Å². The number of carboxylic acid groups (broad SMARTS) is 1. The van der Waals surface area contributed by atoms with Crippen molar-refractivity contribution in [2.45, 2.75) is 25.4 Å². The summed E-state index contributed by atoms with van der Waals surface area (Å²) in [6.45, 7) is 0.268. The van der Waals surface area contributed by atoms with Crippen LogP contribution in [-0.4, -0.2) is 27.9 Å². The van der Waals surface area contributed by atoms with Crippen LogP contribution in [0.1, 0.15) is 39.5 Å². The third-order valence-corrected chi connectivity index (χ3v) is 3.52. The maximum absolute atomic E-state index is 13.3. The van der Waals surface area contributed by atoms with Crippen molar-refractivity contribution < 1.29 is 23.5 Å². The van der Waals surface area contributed by atoms with E-state index < -0.39 is 5.97 Å². The topological polar surface area (TPSA) is 70.8 Å². The van der Waals surface area contributed by atoms with E-state index >= 15 is 0 Å². The minimum absolute atomic E-state index is 0.0132. The molecule has 0 bridgehead atoms. The Morgan fingerprint density at radius 1 is 1.23 bits per heavy atom. The van der Waals surface area contributed by atoms with Crippen molar-refractivity contribution in [2.75, 3.05) is 0 Å². The number of benzene rings is 1. The molecule has 0 aliphatic heterocycles. The first-order valence-electron chi connectivity index (χ1n) is 6.93. The average molecular weight is 303 g/mol. The fraction of sp³-hybridized carbons (Fsp3) is 0.250. The Balaban J connectivity index is 1.81. The third kappa shape index (κ3) is 3.00. The Morgan fingerprint density at radius 2 is 1.95 bits per heavy atom. The number of carbonyl (C=O) groups is 2. The lowest BCUT2D eigenvalue weighted by atomic mass is 10.2. The summed E-state index contributed by atoms with van der Waals surface area (Å²) in [7, 11) is 0. The van der Waals surface area contributed by atoms with E-state index in [1.165, 1.54) is 24.3 Å². The van der Waals surface area contributed by atoms with Gasteiger partial charge in [-0.1, -0.05) is 12.1 Å². The lowest BCUT2D eigenvalue weighted by Crippen LogP contribution is -2.32. The highest BCUT2D eigenvalue weighted by Gasteiger charge is 2.34. The van der Waals surface area contributed by atoms with Crippen LogP contribution in [0.15, 0.2) is 40.8 Å². The van der Waals surface area contributed by atoms with Gasteiger partial charge in [0.1, 0.15) is 5.82 Å². The molecule has 0 saturated heterocycles. The van der Waals surface area contributed by atoms with Crippen LogP contribution in [0.2, 0.25) is 0 Å². The molecule has 5 nitrogen and oxygen atoms in total. The molecule has 1 aromatic carbocycles. The molecule has 1 aliphatic rings. The highest BCUT2D eigenvalue weighted by Crippen LogP contribution is 2.30. The molecule has 1 aliphatic carbocycles. The fourth-order valence-corrected chi connectivity index (χ4v) is 2.29. The van der Waals surface area contributed by atoms with Gasteiger partial charge in [-0.05, 0) is 42.7 Å². The van der Waals surface area contributed by atoms with Crippen LogP contribution in [0.4, 0.5) is 4.39 Å². The van der Waals surface area contributed by atoms with Gasteiger partial charge in [-0.15, -0.1) is 0 Å². The average Bonchev–Trinajstić information content (AvgIpc) is 3.19. The summed E-state index contributed by atoms with van der Waals surface area (Å²) in [5.74, 6) is -2.24. The van der Waals surface area contributed by atoms with E-state index in [9.17, 15) is 14.0 Å². The van der Waals surface area contributed by atoms with E-state index in [1.54, 1.807) is 17.0 Å². The number of hydrogen-bond acceptors (Lipinski definition) is 3. The van der Waals surface area contributed by atoms with E-state index in [0.717, 1.165) is 12.8 Å². The maximum Gasteiger partial charge on any atom is 0.371 e. The molecular weight excluding hydrogens is 289 g/mol. The summed E-state index contributed by atoms with van der Waals surface area (Å²) in [4.78, 5) is 24.9. The van der Waals surface area contributed by atoms with E-state index in [1.807, 2.05) is 0 Å². The Labute approximate surface area is 126 Å². The molecule has 1 aromatic heterocycles. The SMILES string of the molecule is O=C(O)c1ccc(C(=O)N(Cc2cccc(F)c2)C2CC2)o1. The largest absolute Gasteiger partial charge is 0.475 e. The van der Waals surface area contributed by atoms with Gasteiger partial charge >= 0.3 is 5.97 Å². The first-order valence-corrected chi connectivity index (χ1v) is 6.93. The summed E-state index contributed by atoms with van der Waals surface area (Å²) < 4.78 is 18.3. The van der Waals surface area contributed by atoms with Gasteiger partial charge in [0.15, 0.2) is 5.76 Å². The fourth-order valence-electron chi connectivity index (χ4n) is 2.29. The molecule has 0 spiro atoms. The van der Waals surface area contributed by atoms with E-state index in [4.69, 9.17) is 9.52 Å². The number of hydrogen-bond donors (Lipinski definition) is 1. The van der Waals surface area contributed by atoms with Gasteiger partial charge in [-0.3, -0.25) is 4.79 Å². The van der Waals surface area contributed by atoms with Gasteiger partial charge in [-0.2, -0.15) is 0 Å². The molecule has 0 unspecified atom stereocenters. The second kappa shape index (κ2) is 5.63. The number of rotatable bonds is 5. The second-order valence-corrected chi connectivity index (χ2v) is 5.26. The third-order valence-electron chi connectivity index (χ3n) is 3.52. The number of nitrogens with zero attached hydrogens (tertiary/aromatic N) is 1. The number of carboxylic acids is 1. The molecule has 1 saturated carbocycles. The predicted octanol–water partition coefficient (Wildman–Crippen LogP) is 2.92. The molecule has 6 heteroatoms. The molecule has 3 rings (SSSR count). The highest BCUT2D eigenvalue weighted by molar-refractivity contribution is 5.93. The number of furan rings is 1. The molecule has 1 fully saturated rings. The van der Waals surface area contributed by atoms with Gasteiger partial charge in [0.25, 0.3) is 5.91 Å². The molecule has 2 aromatic rings. The van der Waals surface area contributed by atoms with Crippen LogP contribution in [0.3, 0.4) is 0 Å². The molecule has 114 valence electrons. The normalized spacial score (nSPS) is 13.9. The number of halogens is 1. The van der Waals surface area contributed by atoms with Crippen molar-refractivity contribution in [1.29, 1.82) is 0 Å². The molecule has 1 amide bonds. The molecule has 1 heterocycles. The molecule has 0 atom stereocenters. The standard InChI is InChI=1S/C16H14FNO4/c17-11-3-1-2-10(8-11)9-18(12-4-5-12)15(19)13-6-7-14(22-13)16(20)21/h1-3,6-8,12H,4-5,9H2,(H,20,21). The maximum atomic E-state index is 13.3. The minimum atomic E-state index is -1.22. The van der Waals surface area contributed by atoms with Gasteiger partial charge in [-0.25, -0.2) is 9.18 Å². The van der Waals surface area contributed by atoms with Crippen molar-refractivity contribution in [3.8, 4) is 0 Å². The summed E-state index contributed by atoms with van der Waals surface area (Å²) in [5.41, 5.74) is 0.685. The van der Waals surface area contributed by atoms with Crippen molar-refractivity contribution in [1.82, 2.24) is 4.90 Å². The Morgan fingerprint density at radius 3 is 2.55 bits per heavy atom. The van der Waals surface area contributed by atoms with Crippen LogP contribution in [0, 0.1) is 5.82 Å². The van der Waals surface area contributed by atoms with Crippen LogP contribution in [-0.2, 0) is 6.54 Å². The highest BCUT2D eigenvalue weighted by atomic mass is 19.1. The zero-order valence-electron chi connectivity index (χ0n) is 11.7. The Kier molecular flexibility index (Phi) is 3.66. The van der Waals surface area contributed by atoms with Crippen LogP contribution >= 0.6 is 0 Å². The van der Waals surface area contributed by atoms with E-state index in [2.05, 4.69) is 0 Å². The van der Waals surface area contributed by atoms with Crippen molar-refractivity contribution in [3.05, 3.63) is 59.3 Å². The van der Waals surface area contributed by atoms with Gasteiger partial charge in [0.2, 0.25) is 5.76 Å². The first-order chi connectivity index (χ1) is 10.5. The van der Waals surface area contributed by atoms with Gasteiger partial charge in [0.05, 0.1) is 0 Å². The van der Waals surface area contributed by atoms with E-state index in [0.29, 0.717) is 5.56 Å². The lowest BCUT2D eigenvalue weighted by Gasteiger charge is -2.21. The van der Waals surface area contributed by atoms with Gasteiger partial charge < -0.3 is 14.4 Å². The monoisotopic (exact) mass is 303 g/mol. The zero-order valence-corrected chi connectivity index (χ0v) is 11.7. The Bertz CT molecular complexity index is 720. The van der Waals surface area contributed by atoms with Crippen molar-refractivity contribution >= 4 is 11.9 Å². The molecule has 0 radical (unpaired) electrons. The summed E-state index contributed by atoms with van der Waals surface area (Å²) in [6.07, 6.45) is 1.76. The van der Waals surface area contributed by atoms with Crippen molar-refractivity contribution in [3.63, 3.8) is 0 Å². The predicted molar refractivity (Wildman–Crippen MR) is 75.0 cm³/mol. The lowest BCUT2D eigenvalue weighted by molar-refractivity contribution is 0.0644. The Hall–Kier alpha value is -2.63. The number of carbonyl (C=O) groups excluding carboxylic acids is 1. The molecular formula is C16H14FNO4.